The van der Waals surface area contributed by atoms with Crippen LogP contribution in [0.25, 0.3) is 76.3 Å². The van der Waals surface area contributed by atoms with Crippen LogP contribution in [0.15, 0.2) is 174 Å². The minimum Gasteiger partial charge on any atom is -0.456 e. The summed E-state index contributed by atoms with van der Waals surface area (Å²) in [6, 6.07) is 58.5. The van der Waals surface area contributed by atoms with Crippen LogP contribution in [0.1, 0.15) is 0 Å². The van der Waals surface area contributed by atoms with Crippen LogP contribution in [-0.2, 0) is 0 Å². The fraction of sp³-hybridized carbons (Fsp3) is 0. The molecule has 0 fully saturated rings. The molecule has 5 nitrogen and oxygen atoms in total. The quantitative estimate of drug-likeness (QED) is 0.176. The van der Waals surface area contributed by atoms with E-state index in [1.165, 1.54) is 20.2 Å². The summed E-state index contributed by atoms with van der Waals surface area (Å²) in [5.41, 5.74) is 7.36. The number of para-hydroxylation sites is 2. The van der Waals surface area contributed by atoms with E-state index < -0.39 is 0 Å². The van der Waals surface area contributed by atoms with Crippen LogP contribution >= 0.6 is 11.3 Å². The maximum absolute atomic E-state index is 6.65. The van der Waals surface area contributed by atoms with Crippen molar-refractivity contribution < 1.29 is 4.42 Å². The fourth-order valence-corrected chi connectivity index (χ4v) is 8.13. The molecular formula is C45H28N4OS. The van der Waals surface area contributed by atoms with Crippen LogP contribution in [0.4, 0.5) is 17.1 Å². The second kappa shape index (κ2) is 12.1. The Morgan fingerprint density at radius 2 is 0.980 bits per heavy atom. The lowest BCUT2D eigenvalue weighted by Crippen LogP contribution is -2.11. The first-order valence-corrected chi connectivity index (χ1v) is 17.7. The van der Waals surface area contributed by atoms with Crippen molar-refractivity contribution in [2.45, 2.75) is 0 Å². The number of nitrogens with zero attached hydrogens (tertiary/aromatic N) is 4. The van der Waals surface area contributed by atoms with Crippen molar-refractivity contribution in [1.29, 1.82) is 0 Å². The zero-order valence-corrected chi connectivity index (χ0v) is 28.1. The number of hydrogen-bond donors (Lipinski definition) is 0. The lowest BCUT2D eigenvalue weighted by atomic mass is 10.0. The Hall–Kier alpha value is -6.63. The maximum atomic E-state index is 6.65. The van der Waals surface area contributed by atoms with Gasteiger partial charge in [-0.25, -0.2) is 15.0 Å². The van der Waals surface area contributed by atoms with Crippen molar-refractivity contribution in [2.24, 2.45) is 0 Å². The van der Waals surface area contributed by atoms with E-state index in [2.05, 4.69) is 102 Å². The Morgan fingerprint density at radius 3 is 1.69 bits per heavy atom. The average molecular weight is 673 g/mol. The number of fused-ring (bicyclic) bond motifs is 6. The molecule has 10 aromatic rings. The zero-order chi connectivity index (χ0) is 33.7. The highest BCUT2D eigenvalue weighted by molar-refractivity contribution is 7.26. The Labute approximate surface area is 297 Å². The molecule has 0 aliphatic heterocycles. The number of thiophene rings is 1. The molecule has 240 valence electrons. The van der Waals surface area contributed by atoms with Gasteiger partial charge in [0, 0.05) is 47.9 Å². The third-order valence-electron chi connectivity index (χ3n) is 9.29. The van der Waals surface area contributed by atoms with Gasteiger partial charge in [0.05, 0.1) is 16.8 Å². The molecule has 3 heterocycles. The largest absolute Gasteiger partial charge is 0.456 e. The highest BCUT2D eigenvalue weighted by atomic mass is 32.1. The van der Waals surface area contributed by atoms with E-state index in [9.17, 15) is 0 Å². The van der Waals surface area contributed by atoms with Gasteiger partial charge in [-0.2, -0.15) is 0 Å². The second-order valence-corrected chi connectivity index (χ2v) is 13.5. The van der Waals surface area contributed by atoms with E-state index in [0.717, 1.165) is 55.7 Å². The van der Waals surface area contributed by atoms with E-state index in [1.807, 2.05) is 84.1 Å². The molecular weight excluding hydrogens is 645 g/mol. The predicted octanol–water partition coefficient (Wildman–Crippen LogP) is 12.6. The number of anilines is 3. The first-order valence-electron chi connectivity index (χ1n) is 16.9. The molecule has 3 aromatic heterocycles. The van der Waals surface area contributed by atoms with Gasteiger partial charge in [0.1, 0.15) is 11.2 Å². The summed E-state index contributed by atoms with van der Waals surface area (Å²) in [6.07, 6.45) is 0. The molecule has 0 spiro atoms. The highest BCUT2D eigenvalue weighted by Gasteiger charge is 2.24. The van der Waals surface area contributed by atoms with Crippen LogP contribution in [0.3, 0.4) is 0 Å². The minimum absolute atomic E-state index is 0.568. The van der Waals surface area contributed by atoms with Crippen LogP contribution in [0, 0.1) is 0 Å². The molecule has 0 radical (unpaired) electrons. The number of benzene rings is 7. The standard InChI is InChI=1S/C45H28N4OS/c1-4-15-29(16-5-1)43-46-44(30-17-6-2-7-18-30)48-45(47-43)31-27-36(41-33-21-10-12-24-37(33)50-38(41)28-31)49(32-19-8-3-9-20-32)35-23-14-26-40-42(35)34-22-11-13-25-39(34)51-40/h1-28H. The number of furan rings is 1. The van der Waals surface area contributed by atoms with Crippen molar-refractivity contribution in [2.75, 3.05) is 4.90 Å². The van der Waals surface area contributed by atoms with Crippen molar-refractivity contribution >= 4 is 70.5 Å². The normalized spacial score (nSPS) is 11.5. The first kappa shape index (κ1) is 29.3. The third kappa shape index (κ3) is 5.04. The van der Waals surface area contributed by atoms with Gasteiger partial charge in [-0.05, 0) is 48.5 Å². The molecule has 6 heteroatoms. The summed E-state index contributed by atoms with van der Waals surface area (Å²) in [6.45, 7) is 0. The number of aromatic nitrogens is 3. The predicted molar refractivity (Wildman–Crippen MR) is 211 cm³/mol. The van der Waals surface area contributed by atoms with E-state index >= 15 is 0 Å². The van der Waals surface area contributed by atoms with E-state index in [-0.39, 0.29) is 0 Å². The molecule has 0 N–H and O–H groups in total. The van der Waals surface area contributed by atoms with Gasteiger partial charge < -0.3 is 9.32 Å². The van der Waals surface area contributed by atoms with Gasteiger partial charge in [0.25, 0.3) is 0 Å². The molecule has 0 unspecified atom stereocenters. The van der Waals surface area contributed by atoms with Gasteiger partial charge in [0.2, 0.25) is 0 Å². The SMILES string of the molecule is c1ccc(-c2nc(-c3ccccc3)nc(-c3cc(N(c4ccccc4)c4cccc5sc6ccccc6c45)c4c(c3)oc3ccccc34)n2)cc1. The molecule has 0 amide bonds. The lowest BCUT2D eigenvalue weighted by Gasteiger charge is -2.27. The van der Waals surface area contributed by atoms with Crippen molar-refractivity contribution in [1.82, 2.24) is 15.0 Å². The molecule has 7 aromatic carbocycles. The Bertz CT molecular complexity index is 2810. The van der Waals surface area contributed by atoms with Crippen LogP contribution in [-0.4, -0.2) is 15.0 Å². The molecule has 0 atom stereocenters. The molecule has 51 heavy (non-hydrogen) atoms. The number of rotatable bonds is 6. The summed E-state index contributed by atoms with van der Waals surface area (Å²) in [4.78, 5) is 17.5. The topological polar surface area (TPSA) is 55.1 Å². The van der Waals surface area contributed by atoms with Crippen molar-refractivity contribution in [3.05, 3.63) is 170 Å². The zero-order valence-electron chi connectivity index (χ0n) is 27.3. The molecule has 0 saturated carbocycles. The summed E-state index contributed by atoms with van der Waals surface area (Å²) in [5, 5.41) is 4.51. The second-order valence-electron chi connectivity index (χ2n) is 12.4. The molecule has 0 aliphatic carbocycles. The van der Waals surface area contributed by atoms with Gasteiger partial charge in [-0.15, -0.1) is 11.3 Å². The van der Waals surface area contributed by atoms with Gasteiger partial charge in [-0.1, -0.05) is 121 Å². The van der Waals surface area contributed by atoms with Crippen molar-refractivity contribution in [3.63, 3.8) is 0 Å². The Morgan fingerprint density at radius 1 is 0.412 bits per heavy atom. The van der Waals surface area contributed by atoms with Gasteiger partial charge in [-0.3, -0.25) is 0 Å². The molecule has 0 saturated heterocycles. The average Bonchev–Trinajstić information content (AvgIpc) is 3.78. The number of hydrogen-bond acceptors (Lipinski definition) is 6. The van der Waals surface area contributed by atoms with E-state index in [4.69, 9.17) is 19.4 Å². The first-order chi connectivity index (χ1) is 25.3. The summed E-state index contributed by atoms with van der Waals surface area (Å²) in [5.74, 6) is 1.79. The van der Waals surface area contributed by atoms with Gasteiger partial charge in [0.15, 0.2) is 17.5 Å². The Kier molecular flexibility index (Phi) is 6.93. The van der Waals surface area contributed by atoms with Gasteiger partial charge >= 0.3 is 0 Å². The smallest absolute Gasteiger partial charge is 0.164 e. The molecule has 0 bridgehead atoms. The van der Waals surface area contributed by atoms with Crippen LogP contribution < -0.4 is 4.90 Å². The molecule has 0 aliphatic rings. The summed E-state index contributed by atoms with van der Waals surface area (Å²) < 4.78 is 9.14. The summed E-state index contributed by atoms with van der Waals surface area (Å²) >= 11 is 1.82. The van der Waals surface area contributed by atoms with E-state index in [0.29, 0.717) is 17.5 Å². The third-order valence-corrected chi connectivity index (χ3v) is 10.4. The highest BCUT2D eigenvalue weighted by Crippen LogP contribution is 2.49. The Balaban J connectivity index is 1.30. The minimum atomic E-state index is 0.568. The maximum Gasteiger partial charge on any atom is 0.164 e. The van der Waals surface area contributed by atoms with Crippen LogP contribution in [0.5, 0.6) is 0 Å². The van der Waals surface area contributed by atoms with Crippen LogP contribution in [0.2, 0.25) is 0 Å². The van der Waals surface area contributed by atoms with Crippen molar-refractivity contribution in [3.8, 4) is 34.2 Å². The molecule has 10 rings (SSSR count). The van der Waals surface area contributed by atoms with E-state index in [1.54, 1.807) is 0 Å². The monoisotopic (exact) mass is 672 g/mol. The lowest BCUT2D eigenvalue weighted by molar-refractivity contribution is 0.669. The summed E-state index contributed by atoms with van der Waals surface area (Å²) in [7, 11) is 0. The fourth-order valence-electron chi connectivity index (χ4n) is 7.00.